The number of fused-ring (bicyclic) bond motifs is 4. The fourth-order valence-corrected chi connectivity index (χ4v) is 7.94. The van der Waals surface area contributed by atoms with Crippen molar-refractivity contribution in [2.75, 3.05) is 0 Å². The monoisotopic (exact) mass is 464 g/mol. The van der Waals surface area contributed by atoms with Gasteiger partial charge in [0.2, 0.25) is 0 Å². The number of aryl methyl sites for hydroxylation is 2. The zero-order valence-corrected chi connectivity index (χ0v) is 20.8. The molecule has 1 heteroatoms. The van der Waals surface area contributed by atoms with Crippen LogP contribution in [-0.4, -0.2) is 0 Å². The molecule has 1 aliphatic carbocycles. The lowest BCUT2D eigenvalue weighted by Gasteiger charge is -2.22. The minimum Gasteiger partial charge on any atom is -0.0616 e. The SMILES string of the molecule is Cc1ccc(P(c2ccc(C)cc2)c2ccc3c4c(cccc24)-c2cc4ccccc4cc2-3)cc1. The van der Waals surface area contributed by atoms with Crippen molar-refractivity contribution < 1.29 is 0 Å². The van der Waals surface area contributed by atoms with Crippen molar-refractivity contribution in [3.05, 3.63) is 126 Å². The van der Waals surface area contributed by atoms with Crippen LogP contribution in [0.1, 0.15) is 11.1 Å². The fraction of sp³-hybridized carbons (Fsp3) is 0.0588. The van der Waals surface area contributed by atoms with E-state index in [2.05, 4.69) is 129 Å². The normalized spacial score (nSPS) is 12.0. The molecule has 0 unspecified atom stereocenters. The Morgan fingerprint density at radius 1 is 0.457 bits per heavy atom. The Bertz CT molecular complexity index is 1650. The predicted molar refractivity (Wildman–Crippen MR) is 154 cm³/mol. The minimum atomic E-state index is -0.675. The summed E-state index contributed by atoms with van der Waals surface area (Å²) in [6.45, 7) is 4.33. The third-order valence-corrected chi connectivity index (χ3v) is 9.81. The minimum absolute atomic E-state index is 0.675. The van der Waals surface area contributed by atoms with E-state index in [0.717, 1.165) is 0 Å². The topological polar surface area (TPSA) is 0 Å². The van der Waals surface area contributed by atoms with Crippen molar-refractivity contribution in [2.24, 2.45) is 0 Å². The number of hydrogen-bond acceptors (Lipinski definition) is 0. The van der Waals surface area contributed by atoms with Crippen LogP contribution in [0.5, 0.6) is 0 Å². The van der Waals surface area contributed by atoms with E-state index in [1.54, 1.807) is 0 Å². The average Bonchev–Trinajstić information content (AvgIpc) is 3.20. The molecule has 0 spiro atoms. The molecule has 0 aliphatic heterocycles. The van der Waals surface area contributed by atoms with Gasteiger partial charge in [-0.25, -0.2) is 0 Å². The molecule has 0 aromatic heterocycles. The summed E-state index contributed by atoms with van der Waals surface area (Å²) in [6.07, 6.45) is 0. The summed E-state index contributed by atoms with van der Waals surface area (Å²) in [5.74, 6) is 0. The molecule has 0 nitrogen and oxygen atoms in total. The van der Waals surface area contributed by atoms with E-state index in [-0.39, 0.29) is 0 Å². The Morgan fingerprint density at radius 2 is 1.00 bits per heavy atom. The first-order valence-electron chi connectivity index (χ1n) is 12.2. The van der Waals surface area contributed by atoms with Crippen LogP contribution < -0.4 is 15.9 Å². The lowest BCUT2D eigenvalue weighted by atomic mass is 9.99. The van der Waals surface area contributed by atoms with E-state index in [4.69, 9.17) is 0 Å². The quantitative estimate of drug-likeness (QED) is 0.232. The molecule has 0 atom stereocenters. The Balaban J connectivity index is 1.50. The lowest BCUT2D eigenvalue weighted by Crippen LogP contribution is -2.21. The van der Waals surface area contributed by atoms with Gasteiger partial charge in [0.15, 0.2) is 0 Å². The molecule has 0 N–H and O–H groups in total. The van der Waals surface area contributed by atoms with E-state index in [0.29, 0.717) is 0 Å². The first kappa shape index (κ1) is 20.6. The van der Waals surface area contributed by atoms with Gasteiger partial charge in [-0.3, -0.25) is 0 Å². The summed E-state index contributed by atoms with van der Waals surface area (Å²) in [6, 6.07) is 43.4. The first-order valence-corrected chi connectivity index (χ1v) is 13.5. The molecule has 6 aromatic carbocycles. The van der Waals surface area contributed by atoms with Crippen molar-refractivity contribution in [2.45, 2.75) is 13.8 Å². The smallest absolute Gasteiger partial charge is 0.00197 e. The molecule has 166 valence electrons. The molecule has 0 saturated heterocycles. The molecule has 0 saturated carbocycles. The number of rotatable bonds is 3. The number of hydrogen-bond donors (Lipinski definition) is 0. The summed E-state index contributed by atoms with van der Waals surface area (Å²) in [4.78, 5) is 0. The van der Waals surface area contributed by atoms with E-state index in [9.17, 15) is 0 Å². The summed E-state index contributed by atoms with van der Waals surface area (Å²) in [7, 11) is -0.675. The van der Waals surface area contributed by atoms with Gasteiger partial charge in [0.05, 0.1) is 0 Å². The van der Waals surface area contributed by atoms with Crippen molar-refractivity contribution in [1.29, 1.82) is 0 Å². The average molecular weight is 465 g/mol. The summed E-state index contributed by atoms with van der Waals surface area (Å²) >= 11 is 0. The zero-order chi connectivity index (χ0) is 23.5. The van der Waals surface area contributed by atoms with Crippen molar-refractivity contribution in [3.8, 4) is 22.3 Å². The summed E-state index contributed by atoms with van der Waals surface area (Å²) in [5.41, 5.74) is 8.05. The molecule has 6 aromatic rings. The lowest BCUT2D eigenvalue weighted by molar-refractivity contribution is 1.49. The van der Waals surface area contributed by atoms with Crippen LogP contribution in [0.15, 0.2) is 115 Å². The Morgan fingerprint density at radius 3 is 1.57 bits per heavy atom. The standard InChI is InChI=1S/C34H25P/c1-22-10-14-26(15-11-22)35(27-16-12-23(2)13-17-27)33-19-18-29-32-21-25-7-4-3-6-24(25)20-31(32)28-8-5-9-30(33)34(28)29/h3-21H,1-2H3. The van der Waals surface area contributed by atoms with Gasteiger partial charge in [0.25, 0.3) is 0 Å². The van der Waals surface area contributed by atoms with Crippen molar-refractivity contribution in [3.63, 3.8) is 0 Å². The highest BCUT2D eigenvalue weighted by Crippen LogP contribution is 2.49. The van der Waals surface area contributed by atoms with Gasteiger partial charge in [0.1, 0.15) is 0 Å². The van der Waals surface area contributed by atoms with Crippen LogP contribution in [0, 0.1) is 13.8 Å². The highest BCUT2D eigenvalue weighted by molar-refractivity contribution is 7.80. The zero-order valence-electron chi connectivity index (χ0n) is 19.9. The van der Waals surface area contributed by atoms with Gasteiger partial charge in [-0.2, -0.15) is 0 Å². The third kappa shape index (κ3) is 3.25. The maximum atomic E-state index is 2.40. The third-order valence-electron chi connectivity index (χ3n) is 7.31. The second-order valence-electron chi connectivity index (χ2n) is 9.61. The molecule has 0 amide bonds. The summed E-state index contributed by atoms with van der Waals surface area (Å²) in [5, 5.41) is 9.63. The molecule has 1 aliphatic rings. The molecule has 0 bridgehead atoms. The molecule has 7 rings (SSSR count). The van der Waals surface area contributed by atoms with Crippen molar-refractivity contribution in [1.82, 2.24) is 0 Å². The highest BCUT2D eigenvalue weighted by Gasteiger charge is 2.26. The Kier molecular flexibility index (Phi) is 4.66. The maximum absolute atomic E-state index is 2.40. The van der Waals surface area contributed by atoms with Gasteiger partial charge in [-0.15, -0.1) is 0 Å². The van der Waals surface area contributed by atoms with Gasteiger partial charge in [-0.05, 0) is 93.6 Å². The van der Waals surface area contributed by atoms with E-state index >= 15 is 0 Å². The molecule has 35 heavy (non-hydrogen) atoms. The van der Waals surface area contributed by atoms with E-state index < -0.39 is 7.92 Å². The molecular weight excluding hydrogens is 439 g/mol. The van der Waals surface area contributed by atoms with Gasteiger partial charge in [0, 0.05) is 0 Å². The molecule has 0 fully saturated rings. The first-order chi connectivity index (χ1) is 17.2. The predicted octanol–water partition coefficient (Wildman–Crippen LogP) is 8.02. The number of benzene rings is 6. The van der Waals surface area contributed by atoms with Crippen LogP contribution >= 0.6 is 7.92 Å². The summed E-state index contributed by atoms with van der Waals surface area (Å²) < 4.78 is 0. The second kappa shape index (κ2) is 7.91. The Labute approximate surface area is 207 Å². The Hall–Kier alpha value is -3.73. The van der Waals surface area contributed by atoms with Crippen LogP contribution in [-0.2, 0) is 0 Å². The second-order valence-corrected chi connectivity index (χ2v) is 11.8. The van der Waals surface area contributed by atoms with E-state index in [1.165, 1.54) is 70.8 Å². The van der Waals surface area contributed by atoms with Gasteiger partial charge in [-0.1, -0.05) is 114 Å². The maximum Gasteiger partial charge on any atom is -0.00197 e. The van der Waals surface area contributed by atoms with Crippen LogP contribution in [0.25, 0.3) is 43.8 Å². The largest absolute Gasteiger partial charge is 0.0616 e. The highest BCUT2D eigenvalue weighted by atomic mass is 31.1. The molecule has 0 radical (unpaired) electrons. The van der Waals surface area contributed by atoms with Crippen LogP contribution in [0.3, 0.4) is 0 Å². The fourth-order valence-electron chi connectivity index (χ4n) is 5.54. The van der Waals surface area contributed by atoms with Crippen molar-refractivity contribution >= 4 is 45.4 Å². The van der Waals surface area contributed by atoms with Crippen LogP contribution in [0.4, 0.5) is 0 Å². The van der Waals surface area contributed by atoms with Crippen LogP contribution in [0.2, 0.25) is 0 Å². The van der Waals surface area contributed by atoms with E-state index in [1.807, 2.05) is 0 Å². The van der Waals surface area contributed by atoms with Gasteiger partial charge >= 0.3 is 0 Å². The molecule has 0 heterocycles. The van der Waals surface area contributed by atoms with Gasteiger partial charge < -0.3 is 0 Å². The molecular formula is C34H25P.